The molecule has 6 heteroatoms. The molecule has 1 saturated carbocycles. The summed E-state index contributed by atoms with van der Waals surface area (Å²) in [5, 5.41) is 15.8. The molecule has 0 saturated heterocycles. The highest BCUT2D eigenvalue weighted by atomic mass is 32.2. The molecule has 2 rings (SSSR count). The van der Waals surface area contributed by atoms with Gasteiger partial charge in [0.15, 0.2) is 5.82 Å². The molecule has 0 aliphatic heterocycles. The number of hydrogen-bond acceptors (Lipinski definition) is 5. The molecule has 0 bridgehead atoms. The van der Waals surface area contributed by atoms with Crippen LogP contribution in [0, 0.1) is 0 Å². The predicted octanol–water partition coefficient (Wildman–Crippen LogP) is 1.24. The van der Waals surface area contributed by atoms with Crippen molar-refractivity contribution >= 4 is 11.8 Å². The molecule has 2 atom stereocenters. The van der Waals surface area contributed by atoms with Gasteiger partial charge in [-0.1, -0.05) is 12.8 Å². The van der Waals surface area contributed by atoms with E-state index >= 15 is 0 Å². The van der Waals surface area contributed by atoms with Gasteiger partial charge in [-0.3, -0.25) is 0 Å². The lowest BCUT2D eigenvalue weighted by Gasteiger charge is -2.30. The predicted molar refractivity (Wildman–Crippen MR) is 65.4 cm³/mol. The van der Waals surface area contributed by atoms with Gasteiger partial charge in [-0.2, -0.15) is 11.8 Å². The van der Waals surface area contributed by atoms with Gasteiger partial charge in [-0.15, -0.1) is 5.10 Å². The van der Waals surface area contributed by atoms with Gasteiger partial charge in [0.1, 0.15) is 0 Å². The largest absolute Gasteiger partial charge is 0.313 e. The van der Waals surface area contributed by atoms with Crippen molar-refractivity contribution in [3.63, 3.8) is 0 Å². The standard InChI is InChI=1S/C10H19N5S/c1-11-7-10-12-13-14-15(10)8-5-3-4-6-9(8)16-2/h8-9,11H,3-7H2,1-2H3. The van der Waals surface area contributed by atoms with Gasteiger partial charge in [0.2, 0.25) is 0 Å². The number of nitrogens with zero attached hydrogens (tertiary/aromatic N) is 4. The topological polar surface area (TPSA) is 55.6 Å². The van der Waals surface area contributed by atoms with E-state index in [9.17, 15) is 0 Å². The van der Waals surface area contributed by atoms with Crippen LogP contribution in [-0.4, -0.2) is 38.8 Å². The number of nitrogens with one attached hydrogen (secondary N) is 1. The van der Waals surface area contributed by atoms with Gasteiger partial charge in [0, 0.05) is 5.25 Å². The molecule has 1 aromatic rings. The van der Waals surface area contributed by atoms with E-state index in [0.29, 0.717) is 11.3 Å². The van der Waals surface area contributed by atoms with Gasteiger partial charge in [0.05, 0.1) is 12.6 Å². The molecule has 90 valence electrons. The van der Waals surface area contributed by atoms with E-state index in [0.717, 1.165) is 12.4 Å². The Hall–Kier alpha value is -0.620. The monoisotopic (exact) mass is 241 g/mol. The van der Waals surface area contributed by atoms with Crippen molar-refractivity contribution in [2.75, 3.05) is 13.3 Å². The first-order chi connectivity index (χ1) is 7.86. The minimum atomic E-state index is 0.474. The lowest BCUT2D eigenvalue weighted by molar-refractivity contribution is 0.325. The molecule has 1 aliphatic carbocycles. The number of hydrogen-bond donors (Lipinski definition) is 1. The second-order valence-electron chi connectivity index (χ2n) is 4.20. The summed E-state index contributed by atoms with van der Waals surface area (Å²) in [6.07, 6.45) is 7.30. The van der Waals surface area contributed by atoms with Crippen molar-refractivity contribution in [2.24, 2.45) is 0 Å². The fourth-order valence-corrected chi connectivity index (χ4v) is 3.34. The second-order valence-corrected chi connectivity index (χ2v) is 5.27. The summed E-state index contributed by atoms with van der Waals surface area (Å²) in [4.78, 5) is 0. The Labute approximate surface area is 100 Å². The van der Waals surface area contributed by atoms with Crippen LogP contribution in [0.5, 0.6) is 0 Å². The Morgan fingerprint density at radius 1 is 1.44 bits per heavy atom. The summed E-state index contributed by atoms with van der Waals surface area (Å²) in [5.41, 5.74) is 0. The van der Waals surface area contributed by atoms with Gasteiger partial charge >= 0.3 is 0 Å². The summed E-state index contributed by atoms with van der Waals surface area (Å²) in [7, 11) is 1.92. The molecule has 1 fully saturated rings. The molecule has 2 unspecified atom stereocenters. The lowest BCUT2D eigenvalue weighted by atomic mass is 9.95. The quantitative estimate of drug-likeness (QED) is 0.859. The van der Waals surface area contributed by atoms with Crippen LogP contribution in [0.15, 0.2) is 0 Å². The zero-order chi connectivity index (χ0) is 11.4. The van der Waals surface area contributed by atoms with Crippen LogP contribution >= 0.6 is 11.8 Å². The molecule has 0 radical (unpaired) electrons. The van der Waals surface area contributed by atoms with Crippen LogP contribution in [0.2, 0.25) is 0 Å². The third-order valence-electron chi connectivity index (χ3n) is 3.18. The number of tetrazole rings is 1. The van der Waals surface area contributed by atoms with E-state index in [1.807, 2.05) is 23.5 Å². The average Bonchev–Trinajstić information content (AvgIpc) is 2.77. The fourth-order valence-electron chi connectivity index (χ4n) is 2.38. The van der Waals surface area contributed by atoms with E-state index in [-0.39, 0.29) is 0 Å². The average molecular weight is 241 g/mol. The van der Waals surface area contributed by atoms with Crippen LogP contribution in [0.25, 0.3) is 0 Å². The highest BCUT2D eigenvalue weighted by Gasteiger charge is 2.28. The van der Waals surface area contributed by atoms with Crippen LogP contribution < -0.4 is 5.32 Å². The summed E-state index contributed by atoms with van der Waals surface area (Å²) >= 11 is 1.94. The SMILES string of the molecule is CNCc1nnnn1C1CCCCC1SC. The summed E-state index contributed by atoms with van der Waals surface area (Å²) in [5.74, 6) is 0.952. The van der Waals surface area contributed by atoms with E-state index in [2.05, 4.69) is 27.1 Å². The van der Waals surface area contributed by atoms with Crippen LogP contribution in [0.4, 0.5) is 0 Å². The van der Waals surface area contributed by atoms with Crippen molar-refractivity contribution in [2.45, 2.75) is 43.5 Å². The molecule has 1 heterocycles. The first kappa shape index (κ1) is 11.9. The lowest BCUT2D eigenvalue weighted by Crippen LogP contribution is -2.28. The van der Waals surface area contributed by atoms with Crippen LogP contribution in [0.1, 0.15) is 37.5 Å². The molecule has 1 aromatic heterocycles. The number of aromatic nitrogens is 4. The zero-order valence-corrected chi connectivity index (χ0v) is 10.7. The zero-order valence-electron chi connectivity index (χ0n) is 9.89. The van der Waals surface area contributed by atoms with Gasteiger partial charge in [-0.25, -0.2) is 4.68 Å². The van der Waals surface area contributed by atoms with Gasteiger partial charge in [-0.05, 0) is 36.6 Å². The Morgan fingerprint density at radius 3 is 3.00 bits per heavy atom. The summed E-state index contributed by atoms with van der Waals surface area (Å²) in [6, 6.07) is 0.474. The Kier molecular flexibility index (Phi) is 4.17. The van der Waals surface area contributed by atoms with E-state index in [1.165, 1.54) is 25.7 Å². The smallest absolute Gasteiger partial charge is 0.165 e. The van der Waals surface area contributed by atoms with E-state index in [1.54, 1.807) is 0 Å². The van der Waals surface area contributed by atoms with Crippen molar-refractivity contribution in [3.8, 4) is 0 Å². The Bertz CT molecular complexity index is 327. The Morgan fingerprint density at radius 2 is 2.25 bits per heavy atom. The molecule has 0 aromatic carbocycles. The Balaban J connectivity index is 2.16. The van der Waals surface area contributed by atoms with Crippen molar-refractivity contribution in [1.29, 1.82) is 0 Å². The molecule has 16 heavy (non-hydrogen) atoms. The molecular formula is C10H19N5S. The van der Waals surface area contributed by atoms with Crippen LogP contribution in [0.3, 0.4) is 0 Å². The maximum atomic E-state index is 4.16. The molecule has 0 amide bonds. The maximum Gasteiger partial charge on any atom is 0.165 e. The van der Waals surface area contributed by atoms with Crippen molar-refractivity contribution < 1.29 is 0 Å². The summed E-state index contributed by atoms with van der Waals surface area (Å²) in [6.45, 7) is 0.741. The normalized spacial score (nSPS) is 25.9. The highest BCUT2D eigenvalue weighted by molar-refractivity contribution is 7.99. The highest BCUT2D eigenvalue weighted by Crippen LogP contribution is 2.35. The van der Waals surface area contributed by atoms with Gasteiger partial charge in [0.25, 0.3) is 0 Å². The van der Waals surface area contributed by atoms with Crippen molar-refractivity contribution in [1.82, 2.24) is 25.5 Å². The maximum absolute atomic E-state index is 4.16. The first-order valence-electron chi connectivity index (χ1n) is 5.81. The minimum Gasteiger partial charge on any atom is -0.313 e. The molecule has 5 nitrogen and oxygen atoms in total. The van der Waals surface area contributed by atoms with Gasteiger partial charge < -0.3 is 5.32 Å². The van der Waals surface area contributed by atoms with E-state index in [4.69, 9.17) is 0 Å². The molecular weight excluding hydrogens is 222 g/mol. The summed E-state index contributed by atoms with van der Waals surface area (Å²) < 4.78 is 2.02. The third-order valence-corrected chi connectivity index (χ3v) is 4.34. The molecule has 1 aliphatic rings. The molecule has 1 N–H and O–H groups in total. The van der Waals surface area contributed by atoms with Crippen LogP contribution in [-0.2, 0) is 6.54 Å². The second kappa shape index (κ2) is 5.63. The number of rotatable bonds is 4. The number of thioether (sulfide) groups is 1. The first-order valence-corrected chi connectivity index (χ1v) is 7.09. The fraction of sp³-hybridized carbons (Fsp3) is 0.900. The van der Waals surface area contributed by atoms with E-state index < -0.39 is 0 Å². The third kappa shape index (κ3) is 2.38. The molecule has 0 spiro atoms. The minimum absolute atomic E-state index is 0.474. The van der Waals surface area contributed by atoms with Crippen molar-refractivity contribution in [3.05, 3.63) is 5.82 Å².